The van der Waals surface area contributed by atoms with E-state index in [0.29, 0.717) is 30.7 Å². The molecule has 1 aliphatic heterocycles. The highest BCUT2D eigenvalue weighted by atomic mass is 16.5. The van der Waals surface area contributed by atoms with Crippen LogP contribution in [0.4, 0.5) is 0 Å². The molecular weight excluding hydrogens is 396 g/mol. The van der Waals surface area contributed by atoms with E-state index in [0.717, 1.165) is 35.2 Å². The molecule has 1 aromatic heterocycles. The minimum absolute atomic E-state index is 0.268. The van der Waals surface area contributed by atoms with Gasteiger partial charge in [0.15, 0.2) is 5.58 Å². The molecule has 0 saturated carbocycles. The monoisotopic (exact) mass is 420 g/mol. The molecule has 2 aromatic carbocycles. The molecule has 3 aromatic rings. The van der Waals surface area contributed by atoms with Gasteiger partial charge in [-0.2, -0.15) is 5.26 Å². The zero-order chi connectivity index (χ0) is 21.8. The van der Waals surface area contributed by atoms with E-state index in [1.807, 2.05) is 43.3 Å². The third-order valence-corrected chi connectivity index (χ3v) is 5.34. The number of nitriles is 1. The molecular formula is C23H24N4O4. The summed E-state index contributed by atoms with van der Waals surface area (Å²) in [5.74, 6) is -0.740. The Morgan fingerprint density at radius 3 is 2.87 bits per heavy atom. The molecule has 160 valence electrons. The Balaban J connectivity index is 1.44. The molecule has 0 radical (unpaired) electrons. The summed E-state index contributed by atoms with van der Waals surface area (Å²) >= 11 is 0. The Morgan fingerprint density at radius 2 is 2.10 bits per heavy atom. The van der Waals surface area contributed by atoms with Crippen molar-refractivity contribution in [3.63, 3.8) is 0 Å². The highest BCUT2D eigenvalue weighted by Crippen LogP contribution is 2.26. The topological polar surface area (TPSA) is 120 Å². The number of aromatic amines is 1. The SMILES string of the molecule is Cc1cc(-c2ccc(C[C@@H](C#N)NC(=O)[C@@H]3CNCCCO3)cc2)cc2[nH]c(=O)oc12. The summed E-state index contributed by atoms with van der Waals surface area (Å²) < 4.78 is 10.7. The molecule has 2 atom stereocenters. The molecule has 0 unspecified atom stereocenters. The Bertz CT molecular complexity index is 1160. The van der Waals surface area contributed by atoms with E-state index < -0.39 is 17.9 Å². The van der Waals surface area contributed by atoms with Gasteiger partial charge in [0.25, 0.3) is 5.91 Å². The second kappa shape index (κ2) is 9.16. The van der Waals surface area contributed by atoms with Crippen LogP contribution in [0, 0.1) is 18.3 Å². The number of aryl methyl sites for hydroxylation is 1. The first-order chi connectivity index (χ1) is 15.0. The van der Waals surface area contributed by atoms with E-state index in [4.69, 9.17) is 9.15 Å². The lowest BCUT2D eigenvalue weighted by atomic mass is 9.99. The van der Waals surface area contributed by atoms with Gasteiger partial charge in [0.1, 0.15) is 12.1 Å². The number of oxazole rings is 1. The van der Waals surface area contributed by atoms with Crippen LogP contribution < -0.4 is 16.4 Å². The first kappa shape index (κ1) is 20.8. The van der Waals surface area contributed by atoms with E-state index >= 15 is 0 Å². The Hall–Kier alpha value is -3.41. The standard InChI is InChI=1S/C23H24N4O4/c1-14-9-17(11-19-21(14)31-23(29)27-19)16-5-3-15(4-6-16)10-18(12-24)26-22(28)20-13-25-7-2-8-30-20/h3-6,9,11,18,20,25H,2,7-8,10,13H2,1H3,(H,26,28)(H,27,29)/t18-,20-/m0/s1. The third-order valence-electron chi connectivity index (χ3n) is 5.34. The summed E-state index contributed by atoms with van der Waals surface area (Å²) in [5.41, 5.74) is 4.96. The summed E-state index contributed by atoms with van der Waals surface area (Å²) in [6.07, 6.45) is 0.685. The van der Waals surface area contributed by atoms with Gasteiger partial charge in [-0.3, -0.25) is 9.78 Å². The van der Waals surface area contributed by atoms with Crippen LogP contribution in [-0.4, -0.2) is 42.7 Å². The van der Waals surface area contributed by atoms with Crippen molar-refractivity contribution in [2.75, 3.05) is 19.7 Å². The second-order valence-corrected chi connectivity index (χ2v) is 7.69. The maximum absolute atomic E-state index is 12.4. The number of rotatable bonds is 5. The highest BCUT2D eigenvalue weighted by molar-refractivity contribution is 5.83. The molecule has 8 nitrogen and oxygen atoms in total. The number of H-pyrrole nitrogens is 1. The van der Waals surface area contributed by atoms with Crippen molar-refractivity contribution in [3.8, 4) is 17.2 Å². The van der Waals surface area contributed by atoms with Crippen molar-refractivity contribution in [1.82, 2.24) is 15.6 Å². The van der Waals surface area contributed by atoms with Gasteiger partial charge in [0, 0.05) is 19.6 Å². The number of hydrogen-bond acceptors (Lipinski definition) is 6. The van der Waals surface area contributed by atoms with Crippen molar-refractivity contribution in [2.24, 2.45) is 0 Å². The predicted octanol–water partition coefficient (Wildman–Crippen LogP) is 2.03. The van der Waals surface area contributed by atoms with Crippen LogP contribution in [0.2, 0.25) is 0 Å². The quantitative estimate of drug-likeness (QED) is 0.581. The maximum atomic E-state index is 12.4. The van der Waals surface area contributed by atoms with E-state index in [1.54, 1.807) is 0 Å². The number of amides is 1. The van der Waals surface area contributed by atoms with Crippen LogP contribution in [-0.2, 0) is 16.0 Å². The minimum Gasteiger partial charge on any atom is -0.408 e. The molecule has 0 spiro atoms. The number of benzene rings is 2. The Morgan fingerprint density at radius 1 is 1.29 bits per heavy atom. The number of carbonyl (C=O) groups excluding carboxylic acids is 1. The number of ether oxygens (including phenoxy) is 1. The van der Waals surface area contributed by atoms with Gasteiger partial charge in [0.2, 0.25) is 0 Å². The van der Waals surface area contributed by atoms with Crippen molar-refractivity contribution >= 4 is 17.0 Å². The fourth-order valence-corrected chi connectivity index (χ4v) is 3.74. The fourth-order valence-electron chi connectivity index (χ4n) is 3.74. The molecule has 0 aliphatic carbocycles. The number of nitrogens with one attached hydrogen (secondary N) is 3. The maximum Gasteiger partial charge on any atom is 0.417 e. The van der Waals surface area contributed by atoms with Crippen LogP contribution in [0.15, 0.2) is 45.6 Å². The zero-order valence-electron chi connectivity index (χ0n) is 17.2. The highest BCUT2D eigenvalue weighted by Gasteiger charge is 2.23. The van der Waals surface area contributed by atoms with Gasteiger partial charge in [-0.15, -0.1) is 0 Å². The zero-order valence-corrected chi connectivity index (χ0v) is 17.2. The van der Waals surface area contributed by atoms with E-state index in [-0.39, 0.29) is 5.91 Å². The Labute approximate surface area is 179 Å². The summed E-state index contributed by atoms with van der Waals surface area (Å²) in [4.78, 5) is 26.6. The average Bonchev–Trinajstić information content (AvgIpc) is 2.97. The van der Waals surface area contributed by atoms with E-state index in [9.17, 15) is 14.9 Å². The summed E-state index contributed by atoms with van der Waals surface area (Å²) in [6, 6.07) is 13.2. The van der Waals surface area contributed by atoms with Crippen molar-refractivity contribution < 1.29 is 13.9 Å². The summed E-state index contributed by atoms with van der Waals surface area (Å²) in [6.45, 7) is 3.69. The van der Waals surface area contributed by atoms with E-state index in [2.05, 4.69) is 21.7 Å². The van der Waals surface area contributed by atoms with Gasteiger partial charge < -0.3 is 19.8 Å². The first-order valence-corrected chi connectivity index (χ1v) is 10.3. The molecule has 31 heavy (non-hydrogen) atoms. The Kier molecular flexibility index (Phi) is 6.16. The van der Waals surface area contributed by atoms with Gasteiger partial charge in [-0.25, -0.2) is 4.79 Å². The molecule has 3 N–H and O–H groups in total. The molecule has 4 rings (SSSR count). The molecule has 1 saturated heterocycles. The van der Waals surface area contributed by atoms with Crippen LogP contribution >= 0.6 is 0 Å². The number of aromatic nitrogens is 1. The van der Waals surface area contributed by atoms with Crippen LogP contribution in [0.25, 0.3) is 22.2 Å². The predicted molar refractivity (Wildman–Crippen MR) is 115 cm³/mol. The third kappa shape index (κ3) is 4.85. The lowest BCUT2D eigenvalue weighted by molar-refractivity contribution is -0.132. The largest absolute Gasteiger partial charge is 0.417 e. The lowest BCUT2D eigenvalue weighted by Gasteiger charge is -2.18. The molecule has 1 amide bonds. The van der Waals surface area contributed by atoms with Crippen molar-refractivity contribution in [2.45, 2.75) is 31.9 Å². The number of hydrogen-bond donors (Lipinski definition) is 3. The van der Waals surface area contributed by atoms with Gasteiger partial charge >= 0.3 is 5.76 Å². The number of carbonyl (C=O) groups is 1. The van der Waals surface area contributed by atoms with Crippen LogP contribution in [0.5, 0.6) is 0 Å². The number of nitrogens with zero attached hydrogens (tertiary/aromatic N) is 1. The van der Waals surface area contributed by atoms with Gasteiger partial charge in [-0.1, -0.05) is 24.3 Å². The van der Waals surface area contributed by atoms with Gasteiger partial charge in [-0.05, 0) is 54.3 Å². The van der Waals surface area contributed by atoms with Gasteiger partial charge in [0.05, 0.1) is 11.6 Å². The molecule has 8 heteroatoms. The molecule has 1 aliphatic rings. The molecule has 1 fully saturated rings. The number of fused-ring (bicyclic) bond motifs is 1. The summed E-state index contributed by atoms with van der Waals surface area (Å²) in [5, 5.41) is 15.4. The normalized spacial score (nSPS) is 17.6. The van der Waals surface area contributed by atoms with Crippen molar-refractivity contribution in [3.05, 3.63) is 58.1 Å². The summed E-state index contributed by atoms with van der Waals surface area (Å²) in [7, 11) is 0. The first-order valence-electron chi connectivity index (χ1n) is 10.3. The fraction of sp³-hybridized carbons (Fsp3) is 0.348. The minimum atomic E-state index is -0.639. The van der Waals surface area contributed by atoms with Crippen LogP contribution in [0.3, 0.4) is 0 Å². The second-order valence-electron chi connectivity index (χ2n) is 7.69. The van der Waals surface area contributed by atoms with Crippen molar-refractivity contribution in [1.29, 1.82) is 5.26 Å². The lowest BCUT2D eigenvalue weighted by Crippen LogP contribution is -2.46. The van der Waals surface area contributed by atoms with E-state index in [1.165, 1.54) is 0 Å². The smallest absolute Gasteiger partial charge is 0.408 e. The average molecular weight is 420 g/mol. The van der Waals surface area contributed by atoms with Crippen LogP contribution in [0.1, 0.15) is 17.5 Å². The molecule has 0 bridgehead atoms. The molecule has 2 heterocycles.